The zero-order valence-corrected chi connectivity index (χ0v) is 12.9. The molecular weight excluding hydrogens is 267 g/mol. The Kier molecular flexibility index (Phi) is 4.45. The van der Waals surface area contributed by atoms with Gasteiger partial charge in [0.1, 0.15) is 5.82 Å². The molecule has 4 heteroatoms. The van der Waals surface area contributed by atoms with Crippen molar-refractivity contribution in [3.8, 4) is 0 Å². The second-order valence-corrected chi connectivity index (χ2v) is 6.38. The zero-order valence-electron chi connectivity index (χ0n) is 12.9. The second kappa shape index (κ2) is 6.32. The lowest BCUT2D eigenvalue weighted by Crippen LogP contribution is -2.49. The largest absolute Gasteiger partial charge is 0.374 e. The van der Waals surface area contributed by atoms with E-state index in [-0.39, 0.29) is 11.9 Å². The molecule has 1 saturated heterocycles. The molecule has 1 N–H and O–H groups in total. The fraction of sp³-hybridized carbons (Fsp3) is 0.647. The molecule has 0 radical (unpaired) electrons. The van der Waals surface area contributed by atoms with Crippen LogP contribution in [0.3, 0.4) is 0 Å². The number of nitrogens with one attached hydrogen (secondary N) is 1. The Morgan fingerprint density at radius 1 is 1.38 bits per heavy atom. The lowest BCUT2D eigenvalue weighted by Gasteiger charge is -2.40. The molecule has 1 aromatic carbocycles. The molecule has 0 aromatic heterocycles. The fourth-order valence-electron chi connectivity index (χ4n) is 3.54. The van der Waals surface area contributed by atoms with Gasteiger partial charge in [0.2, 0.25) is 0 Å². The number of hydrogen-bond acceptors (Lipinski definition) is 3. The number of morpholine rings is 1. The van der Waals surface area contributed by atoms with Crippen LogP contribution >= 0.6 is 0 Å². The Hall–Kier alpha value is -1.13. The van der Waals surface area contributed by atoms with Crippen LogP contribution in [0.4, 0.5) is 10.1 Å². The SMILES string of the molecule is CC(C)NCc1cccc(F)c1N1CCOC2CCCC21. The minimum Gasteiger partial charge on any atom is -0.374 e. The monoisotopic (exact) mass is 292 g/mol. The van der Waals surface area contributed by atoms with Gasteiger partial charge in [-0.25, -0.2) is 4.39 Å². The lowest BCUT2D eigenvalue weighted by molar-refractivity contribution is 0.0253. The number of benzene rings is 1. The van der Waals surface area contributed by atoms with Crippen molar-refractivity contribution in [2.75, 3.05) is 18.1 Å². The van der Waals surface area contributed by atoms with Crippen molar-refractivity contribution in [3.63, 3.8) is 0 Å². The molecule has 2 atom stereocenters. The first-order chi connectivity index (χ1) is 10.2. The van der Waals surface area contributed by atoms with E-state index in [1.165, 1.54) is 6.42 Å². The summed E-state index contributed by atoms with van der Waals surface area (Å²) >= 11 is 0. The molecule has 0 spiro atoms. The summed E-state index contributed by atoms with van der Waals surface area (Å²) in [4.78, 5) is 2.26. The van der Waals surface area contributed by atoms with Crippen molar-refractivity contribution in [1.29, 1.82) is 0 Å². The van der Waals surface area contributed by atoms with Gasteiger partial charge in [0.05, 0.1) is 24.4 Å². The Labute approximate surface area is 126 Å². The van der Waals surface area contributed by atoms with Crippen LogP contribution < -0.4 is 10.2 Å². The van der Waals surface area contributed by atoms with Gasteiger partial charge in [-0.15, -0.1) is 0 Å². The van der Waals surface area contributed by atoms with Gasteiger partial charge in [0.25, 0.3) is 0 Å². The van der Waals surface area contributed by atoms with Crippen molar-refractivity contribution in [1.82, 2.24) is 5.32 Å². The average molecular weight is 292 g/mol. The van der Waals surface area contributed by atoms with Crippen molar-refractivity contribution in [2.45, 2.75) is 57.8 Å². The van der Waals surface area contributed by atoms with E-state index >= 15 is 0 Å². The fourth-order valence-corrected chi connectivity index (χ4v) is 3.54. The van der Waals surface area contributed by atoms with Gasteiger partial charge in [-0.1, -0.05) is 26.0 Å². The van der Waals surface area contributed by atoms with Gasteiger partial charge < -0.3 is 15.0 Å². The maximum atomic E-state index is 14.5. The predicted molar refractivity (Wildman–Crippen MR) is 83.1 cm³/mol. The highest BCUT2D eigenvalue weighted by Gasteiger charge is 2.37. The summed E-state index contributed by atoms with van der Waals surface area (Å²) in [6.45, 7) is 6.42. The molecule has 0 bridgehead atoms. The van der Waals surface area contributed by atoms with Gasteiger partial charge in [0, 0.05) is 19.1 Å². The van der Waals surface area contributed by atoms with Crippen LogP contribution in [0, 0.1) is 5.82 Å². The molecule has 3 rings (SSSR count). The standard InChI is InChI=1S/C17H25FN2O/c1-12(2)19-11-13-5-3-6-14(18)17(13)20-9-10-21-16-8-4-7-15(16)20/h3,5-6,12,15-16,19H,4,7-11H2,1-2H3. The Balaban J connectivity index is 1.89. The van der Waals surface area contributed by atoms with Gasteiger partial charge >= 0.3 is 0 Å². The third-order valence-electron chi connectivity index (χ3n) is 4.54. The van der Waals surface area contributed by atoms with Crippen molar-refractivity contribution < 1.29 is 9.13 Å². The molecule has 116 valence electrons. The van der Waals surface area contributed by atoms with E-state index in [1.54, 1.807) is 6.07 Å². The first kappa shape index (κ1) is 14.8. The Bertz CT molecular complexity index is 492. The van der Waals surface area contributed by atoms with Crippen LogP contribution in [0.2, 0.25) is 0 Å². The van der Waals surface area contributed by atoms with Crippen LogP contribution in [0.25, 0.3) is 0 Å². The van der Waals surface area contributed by atoms with Crippen molar-refractivity contribution in [3.05, 3.63) is 29.6 Å². The minimum atomic E-state index is -0.106. The third kappa shape index (κ3) is 3.06. The summed E-state index contributed by atoms with van der Waals surface area (Å²) in [6.07, 6.45) is 3.68. The molecule has 1 heterocycles. The summed E-state index contributed by atoms with van der Waals surface area (Å²) in [7, 11) is 0. The molecule has 1 aliphatic heterocycles. The maximum absolute atomic E-state index is 14.5. The number of nitrogens with zero attached hydrogens (tertiary/aromatic N) is 1. The molecule has 2 aliphatic rings. The highest BCUT2D eigenvalue weighted by molar-refractivity contribution is 5.56. The number of anilines is 1. The first-order valence-electron chi connectivity index (χ1n) is 8.06. The average Bonchev–Trinajstić information content (AvgIpc) is 2.93. The number of fused-ring (bicyclic) bond motifs is 1. The first-order valence-corrected chi connectivity index (χ1v) is 8.06. The number of ether oxygens (including phenoxy) is 1. The van der Waals surface area contributed by atoms with E-state index in [4.69, 9.17) is 4.74 Å². The van der Waals surface area contributed by atoms with E-state index in [1.807, 2.05) is 12.1 Å². The Morgan fingerprint density at radius 2 is 2.24 bits per heavy atom. The minimum absolute atomic E-state index is 0.106. The summed E-state index contributed by atoms with van der Waals surface area (Å²) < 4.78 is 20.4. The number of halogens is 1. The van der Waals surface area contributed by atoms with E-state index in [0.29, 0.717) is 25.2 Å². The van der Waals surface area contributed by atoms with Crippen LogP contribution in [0.15, 0.2) is 18.2 Å². The predicted octanol–water partition coefficient (Wildman–Crippen LogP) is 3.08. The molecule has 1 aliphatic carbocycles. The molecule has 1 aromatic rings. The maximum Gasteiger partial charge on any atom is 0.146 e. The highest BCUT2D eigenvalue weighted by atomic mass is 19.1. The third-order valence-corrected chi connectivity index (χ3v) is 4.54. The quantitative estimate of drug-likeness (QED) is 0.923. The van der Waals surface area contributed by atoms with Crippen LogP contribution in [0.5, 0.6) is 0 Å². The number of hydrogen-bond donors (Lipinski definition) is 1. The molecule has 0 amide bonds. The van der Waals surface area contributed by atoms with Gasteiger partial charge in [-0.05, 0) is 30.9 Å². The summed E-state index contributed by atoms with van der Waals surface area (Å²) in [5.41, 5.74) is 1.84. The summed E-state index contributed by atoms with van der Waals surface area (Å²) in [5, 5.41) is 3.40. The molecule has 2 fully saturated rings. The smallest absolute Gasteiger partial charge is 0.146 e. The number of rotatable bonds is 4. The summed E-state index contributed by atoms with van der Waals surface area (Å²) in [5.74, 6) is -0.106. The van der Waals surface area contributed by atoms with Gasteiger partial charge in [0.15, 0.2) is 0 Å². The normalized spacial score (nSPS) is 25.4. The van der Waals surface area contributed by atoms with E-state index in [9.17, 15) is 4.39 Å². The van der Waals surface area contributed by atoms with E-state index in [2.05, 4.69) is 24.1 Å². The molecular formula is C17H25FN2O. The second-order valence-electron chi connectivity index (χ2n) is 6.38. The van der Waals surface area contributed by atoms with E-state index in [0.717, 1.165) is 30.6 Å². The zero-order chi connectivity index (χ0) is 14.8. The molecule has 3 nitrogen and oxygen atoms in total. The van der Waals surface area contributed by atoms with Gasteiger partial charge in [-0.2, -0.15) is 0 Å². The van der Waals surface area contributed by atoms with Crippen molar-refractivity contribution >= 4 is 5.69 Å². The lowest BCUT2D eigenvalue weighted by atomic mass is 10.1. The number of para-hydroxylation sites is 1. The molecule has 21 heavy (non-hydrogen) atoms. The topological polar surface area (TPSA) is 24.5 Å². The van der Waals surface area contributed by atoms with Crippen LogP contribution in [-0.2, 0) is 11.3 Å². The van der Waals surface area contributed by atoms with Gasteiger partial charge in [-0.3, -0.25) is 0 Å². The Morgan fingerprint density at radius 3 is 3.05 bits per heavy atom. The van der Waals surface area contributed by atoms with Crippen molar-refractivity contribution in [2.24, 2.45) is 0 Å². The molecule has 1 saturated carbocycles. The van der Waals surface area contributed by atoms with Crippen LogP contribution in [0.1, 0.15) is 38.7 Å². The van der Waals surface area contributed by atoms with Crippen LogP contribution in [-0.4, -0.2) is 31.3 Å². The highest BCUT2D eigenvalue weighted by Crippen LogP contribution is 2.36. The molecule has 2 unspecified atom stereocenters. The summed E-state index contributed by atoms with van der Waals surface area (Å²) in [6, 6.07) is 6.15. The van der Waals surface area contributed by atoms with E-state index < -0.39 is 0 Å².